The van der Waals surface area contributed by atoms with Crippen molar-refractivity contribution >= 4 is 18.5 Å². The van der Waals surface area contributed by atoms with Crippen LogP contribution in [0.3, 0.4) is 0 Å². The zero-order valence-electron chi connectivity index (χ0n) is 4.62. The van der Waals surface area contributed by atoms with Crippen LogP contribution in [-0.4, -0.2) is 24.6 Å². The zero-order chi connectivity index (χ0) is 5.91. The molecule has 8 heavy (non-hydrogen) atoms. The van der Waals surface area contributed by atoms with Gasteiger partial charge in [0.1, 0.15) is 0 Å². The molecule has 0 spiro atoms. The van der Waals surface area contributed by atoms with Crippen molar-refractivity contribution in [2.75, 3.05) is 14.2 Å². The highest BCUT2D eigenvalue weighted by Gasteiger charge is 2.06. The number of hydrogen-bond donors (Lipinski definition) is 1. The van der Waals surface area contributed by atoms with Gasteiger partial charge in [-0.15, -0.1) is 0 Å². The Balaban J connectivity index is 0. The molecule has 4 nitrogen and oxygen atoms in total. The van der Waals surface area contributed by atoms with Gasteiger partial charge < -0.3 is 19.4 Å². The zero-order valence-corrected chi connectivity index (χ0v) is 6.33. The van der Waals surface area contributed by atoms with E-state index in [2.05, 4.69) is 20.9 Å². The van der Waals surface area contributed by atoms with Gasteiger partial charge >= 0.3 is 6.72 Å². The highest BCUT2D eigenvalue weighted by Crippen LogP contribution is 2.40. The molecule has 0 heterocycles. The third-order valence-corrected chi connectivity index (χ3v) is 2.28. The molecule has 0 aliphatic heterocycles. The van der Waals surface area contributed by atoms with Gasteiger partial charge in [0.2, 0.25) is 0 Å². The van der Waals surface area contributed by atoms with Gasteiger partial charge in [0, 0.05) is 14.2 Å². The quantitative estimate of drug-likeness (QED) is 0.561. The number of rotatable bonds is 2. The Kier molecular flexibility index (Phi) is 6.19. The molecule has 0 saturated carbocycles. The highest BCUT2D eigenvalue weighted by atomic mass is 32.5. The Morgan fingerprint density at radius 1 is 1.38 bits per heavy atom. The second-order valence-corrected chi connectivity index (χ2v) is 3.89. The summed E-state index contributed by atoms with van der Waals surface area (Å²) in [5.41, 5.74) is 0. The molecule has 0 aliphatic carbocycles. The third-order valence-electron chi connectivity index (χ3n) is 0.461. The normalized spacial score (nSPS) is 10.4. The minimum atomic E-state index is -2.82. The van der Waals surface area contributed by atoms with E-state index in [0.29, 0.717) is 0 Å². The van der Waals surface area contributed by atoms with Crippen LogP contribution in [0.1, 0.15) is 0 Å². The highest BCUT2D eigenvalue weighted by molar-refractivity contribution is 8.07. The molecule has 0 aromatic rings. The molecule has 0 aliphatic rings. The second-order valence-electron chi connectivity index (χ2n) is 0.834. The van der Waals surface area contributed by atoms with E-state index in [1.165, 1.54) is 14.2 Å². The Hall–Kier alpha value is 0.490. The lowest BCUT2D eigenvalue weighted by Gasteiger charge is -2.06. The largest absolute Gasteiger partial charge is 0.412 e. The lowest BCUT2D eigenvalue weighted by atomic mass is 11.8. The Morgan fingerprint density at radius 3 is 1.62 bits per heavy atom. The van der Waals surface area contributed by atoms with E-state index >= 15 is 0 Å². The maximum atomic E-state index is 8.61. The Bertz CT molecular complexity index is 86.0. The standard InChI is InChI=1S/C2H7O3PS.H2O/c1-4-6(3,7)5-2;/h1-2H3,(H,3,7);1H2. The molecule has 0 saturated heterocycles. The van der Waals surface area contributed by atoms with Crippen LogP contribution in [0, 0.1) is 0 Å². The average molecular weight is 160 g/mol. The van der Waals surface area contributed by atoms with E-state index in [4.69, 9.17) is 4.89 Å². The van der Waals surface area contributed by atoms with Crippen LogP contribution in [0.2, 0.25) is 0 Å². The molecule has 0 bridgehead atoms. The molecule has 0 aromatic heterocycles. The van der Waals surface area contributed by atoms with Crippen molar-refractivity contribution in [1.29, 1.82) is 0 Å². The van der Waals surface area contributed by atoms with Crippen molar-refractivity contribution in [2.45, 2.75) is 0 Å². The predicted octanol–water partition coefficient (Wildman–Crippen LogP) is -0.329. The first kappa shape index (κ1) is 11.3. The lowest BCUT2D eigenvalue weighted by Crippen LogP contribution is -1.82. The fourth-order valence-corrected chi connectivity index (χ4v) is 0.224. The van der Waals surface area contributed by atoms with E-state index in [1.807, 2.05) is 0 Å². The molecule has 52 valence electrons. The first-order valence-electron chi connectivity index (χ1n) is 1.56. The van der Waals surface area contributed by atoms with Crippen LogP contribution in [0.25, 0.3) is 0 Å². The summed E-state index contributed by atoms with van der Waals surface area (Å²) >= 11 is 4.37. The molecule has 0 fully saturated rings. The lowest BCUT2D eigenvalue weighted by molar-refractivity contribution is 0.267. The molecule has 3 N–H and O–H groups in total. The minimum Gasteiger partial charge on any atom is -0.412 e. The summed E-state index contributed by atoms with van der Waals surface area (Å²) in [7, 11) is 2.62. The van der Waals surface area contributed by atoms with Crippen LogP contribution >= 0.6 is 6.72 Å². The van der Waals surface area contributed by atoms with Gasteiger partial charge in [0.05, 0.1) is 0 Å². The van der Waals surface area contributed by atoms with Gasteiger partial charge in [-0.3, -0.25) is 0 Å². The van der Waals surface area contributed by atoms with Crippen LogP contribution in [0.15, 0.2) is 0 Å². The molecule has 0 aromatic carbocycles. The molecule has 0 amide bonds. The van der Waals surface area contributed by atoms with E-state index in [-0.39, 0.29) is 5.48 Å². The summed E-state index contributed by atoms with van der Waals surface area (Å²) in [6.07, 6.45) is 0. The van der Waals surface area contributed by atoms with Gasteiger partial charge in [-0.2, -0.15) is 0 Å². The van der Waals surface area contributed by atoms with Gasteiger partial charge in [-0.1, -0.05) is 0 Å². The SMILES string of the molecule is COP(O)(=S)OC.O. The second kappa shape index (κ2) is 4.38. The van der Waals surface area contributed by atoms with Crippen molar-refractivity contribution < 1.29 is 19.4 Å². The smallest absolute Gasteiger partial charge is 0.323 e. The minimum absolute atomic E-state index is 0. The summed E-state index contributed by atoms with van der Waals surface area (Å²) in [6, 6.07) is 0. The van der Waals surface area contributed by atoms with Gasteiger partial charge in [-0.25, -0.2) is 0 Å². The fourth-order valence-electron chi connectivity index (χ4n) is 0.0745. The first-order chi connectivity index (χ1) is 3.12. The molecule has 0 unspecified atom stereocenters. The fraction of sp³-hybridized carbons (Fsp3) is 1.00. The van der Waals surface area contributed by atoms with Crippen LogP contribution < -0.4 is 0 Å². The van der Waals surface area contributed by atoms with E-state index in [9.17, 15) is 0 Å². The van der Waals surface area contributed by atoms with Gasteiger partial charge in [-0.05, 0) is 11.8 Å². The Morgan fingerprint density at radius 2 is 1.62 bits per heavy atom. The summed E-state index contributed by atoms with van der Waals surface area (Å²) in [6.45, 7) is -2.82. The molecule has 0 radical (unpaired) electrons. The molecule has 0 rings (SSSR count). The van der Waals surface area contributed by atoms with Crippen molar-refractivity contribution in [1.82, 2.24) is 0 Å². The van der Waals surface area contributed by atoms with Crippen LogP contribution in [0.4, 0.5) is 0 Å². The summed E-state index contributed by atoms with van der Waals surface area (Å²) < 4.78 is 8.69. The first-order valence-corrected chi connectivity index (χ1v) is 4.16. The molecular formula is C2H9O4PS. The van der Waals surface area contributed by atoms with E-state index in [0.717, 1.165) is 0 Å². The van der Waals surface area contributed by atoms with Crippen molar-refractivity contribution in [3.63, 3.8) is 0 Å². The Labute approximate surface area is 53.0 Å². The van der Waals surface area contributed by atoms with Crippen molar-refractivity contribution in [2.24, 2.45) is 0 Å². The summed E-state index contributed by atoms with van der Waals surface area (Å²) in [4.78, 5) is 8.61. The average Bonchev–Trinajstić information content (AvgIpc) is 1.68. The van der Waals surface area contributed by atoms with Gasteiger partial charge in [0.15, 0.2) is 0 Å². The van der Waals surface area contributed by atoms with E-state index < -0.39 is 6.72 Å². The maximum Gasteiger partial charge on any atom is 0.323 e. The third kappa shape index (κ3) is 4.64. The molecule has 6 heteroatoms. The molecular weight excluding hydrogens is 151 g/mol. The van der Waals surface area contributed by atoms with Crippen molar-refractivity contribution in [3.8, 4) is 0 Å². The van der Waals surface area contributed by atoms with Gasteiger partial charge in [0.25, 0.3) is 0 Å². The predicted molar refractivity (Wildman–Crippen MR) is 34.1 cm³/mol. The molecule has 0 atom stereocenters. The van der Waals surface area contributed by atoms with Crippen molar-refractivity contribution in [3.05, 3.63) is 0 Å². The summed E-state index contributed by atoms with van der Waals surface area (Å²) in [5.74, 6) is 0. The number of hydrogen-bond acceptors (Lipinski definition) is 3. The topological polar surface area (TPSA) is 70.2 Å². The van der Waals surface area contributed by atoms with Crippen LogP contribution in [0.5, 0.6) is 0 Å². The monoisotopic (exact) mass is 160 g/mol. The van der Waals surface area contributed by atoms with Crippen LogP contribution in [-0.2, 0) is 20.9 Å². The maximum absolute atomic E-state index is 8.61. The van der Waals surface area contributed by atoms with E-state index in [1.54, 1.807) is 0 Å². The summed E-state index contributed by atoms with van der Waals surface area (Å²) in [5, 5.41) is 0.